The number of carbonyl (C=O) groups is 2. The third-order valence-electron chi connectivity index (χ3n) is 5.06. The first kappa shape index (κ1) is 18.9. The molecule has 4 rings (SSSR count). The van der Waals surface area contributed by atoms with E-state index in [1.165, 1.54) is 0 Å². The fourth-order valence-electron chi connectivity index (χ4n) is 3.57. The molecule has 3 N–H and O–H groups in total. The molecule has 0 spiro atoms. The van der Waals surface area contributed by atoms with Crippen LogP contribution in [0.1, 0.15) is 15.9 Å². The molecule has 1 aromatic carbocycles. The maximum Gasteiger partial charge on any atom is 0.261 e. The second kappa shape index (κ2) is 7.88. The molecule has 9 heteroatoms. The van der Waals surface area contributed by atoms with Crippen LogP contribution in [0.3, 0.4) is 0 Å². The Morgan fingerprint density at radius 2 is 2.14 bits per heavy atom. The van der Waals surface area contributed by atoms with Crippen LogP contribution >= 0.6 is 0 Å². The van der Waals surface area contributed by atoms with Gasteiger partial charge in [0.15, 0.2) is 0 Å². The van der Waals surface area contributed by atoms with Crippen LogP contribution in [0.5, 0.6) is 0 Å². The normalized spacial score (nSPS) is 19.7. The summed E-state index contributed by atoms with van der Waals surface area (Å²) in [6, 6.07) is 3.70. The lowest BCUT2D eigenvalue weighted by Crippen LogP contribution is -2.37. The van der Waals surface area contributed by atoms with Crippen LogP contribution in [0.2, 0.25) is 0 Å². The lowest BCUT2D eigenvalue weighted by atomic mass is 10.1. The van der Waals surface area contributed by atoms with Gasteiger partial charge >= 0.3 is 0 Å². The number of benzene rings is 1. The Balaban J connectivity index is 1.70. The van der Waals surface area contributed by atoms with Gasteiger partial charge in [0.05, 0.1) is 30.2 Å². The summed E-state index contributed by atoms with van der Waals surface area (Å²) in [5.74, 6) is -0.159. The van der Waals surface area contributed by atoms with E-state index in [0.717, 1.165) is 17.5 Å². The summed E-state index contributed by atoms with van der Waals surface area (Å²) < 4.78 is 5.44. The highest BCUT2D eigenvalue weighted by Crippen LogP contribution is 2.34. The quantitative estimate of drug-likeness (QED) is 0.523. The lowest BCUT2D eigenvalue weighted by molar-refractivity contribution is -0.112. The van der Waals surface area contributed by atoms with Crippen LogP contribution in [-0.4, -0.2) is 62.5 Å². The topological polar surface area (TPSA) is 110 Å². The SMILES string of the molecule is CN1Cc2cc(NC(=O)/C(C=N)=C3\N=CC=CN3)c(N3CCOCC3)cc2C1=O. The van der Waals surface area contributed by atoms with Crippen LogP contribution in [0.4, 0.5) is 11.4 Å². The van der Waals surface area contributed by atoms with Crippen molar-refractivity contribution in [1.29, 1.82) is 5.41 Å². The number of hydrogen-bond donors (Lipinski definition) is 3. The molecule has 0 bridgehead atoms. The largest absolute Gasteiger partial charge is 0.378 e. The van der Waals surface area contributed by atoms with E-state index >= 15 is 0 Å². The van der Waals surface area contributed by atoms with Crippen molar-refractivity contribution in [3.8, 4) is 0 Å². The minimum atomic E-state index is -0.443. The molecule has 0 unspecified atom stereocenters. The number of rotatable bonds is 4. The zero-order valence-electron chi connectivity index (χ0n) is 16.1. The molecule has 9 nitrogen and oxygen atoms in total. The van der Waals surface area contributed by atoms with Gasteiger partial charge in [-0.3, -0.25) is 9.59 Å². The van der Waals surface area contributed by atoms with E-state index < -0.39 is 5.91 Å². The molecule has 0 saturated carbocycles. The third-order valence-corrected chi connectivity index (χ3v) is 5.06. The van der Waals surface area contributed by atoms with E-state index in [-0.39, 0.29) is 11.5 Å². The zero-order chi connectivity index (χ0) is 20.4. The minimum Gasteiger partial charge on any atom is -0.378 e. The van der Waals surface area contributed by atoms with Crippen molar-refractivity contribution in [2.75, 3.05) is 43.6 Å². The Bertz CT molecular complexity index is 959. The van der Waals surface area contributed by atoms with Crippen molar-refractivity contribution in [2.24, 2.45) is 4.99 Å². The predicted molar refractivity (Wildman–Crippen MR) is 110 cm³/mol. The Hall–Kier alpha value is -3.46. The molecule has 0 atom stereocenters. The molecule has 3 aliphatic heterocycles. The molecule has 29 heavy (non-hydrogen) atoms. The van der Waals surface area contributed by atoms with Crippen molar-refractivity contribution in [3.63, 3.8) is 0 Å². The number of carbonyl (C=O) groups excluding carboxylic acids is 2. The van der Waals surface area contributed by atoms with E-state index in [9.17, 15) is 9.59 Å². The number of ether oxygens (including phenoxy) is 1. The van der Waals surface area contributed by atoms with Crippen LogP contribution in [0.15, 0.2) is 40.8 Å². The van der Waals surface area contributed by atoms with Gasteiger partial charge in [0.2, 0.25) is 0 Å². The number of morpholine rings is 1. The summed E-state index contributed by atoms with van der Waals surface area (Å²) in [5.41, 5.74) is 3.02. The average Bonchev–Trinajstić information content (AvgIpc) is 3.02. The highest BCUT2D eigenvalue weighted by molar-refractivity contribution is 6.18. The molecule has 1 fully saturated rings. The summed E-state index contributed by atoms with van der Waals surface area (Å²) >= 11 is 0. The van der Waals surface area contributed by atoms with Gasteiger partial charge in [-0.1, -0.05) is 0 Å². The standard InChI is InChI=1S/C20H22N6O3/c1-25-12-13-9-16(24-19(27)15(11-21)18-22-3-2-4-23-18)17(10-14(13)20(25)28)26-5-7-29-8-6-26/h2-4,9-11,21-22H,5-8,12H2,1H3,(H,24,27)/b18-15-,21-11?. The Morgan fingerprint density at radius 3 is 2.83 bits per heavy atom. The Labute approximate surface area is 168 Å². The number of nitrogens with one attached hydrogen (secondary N) is 3. The van der Waals surface area contributed by atoms with E-state index in [4.69, 9.17) is 10.1 Å². The third kappa shape index (κ3) is 3.64. The van der Waals surface area contributed by atoms with Gasteiger partial charge in [0.25, 0.3) is 11.8 Å². The first-order chi connectivity index (χ1) is 14.1. The molecule has 1 aromatic rings. The molecule has 0 radical (unpaired) electrons. The van der Waals surface area contributed by atoms with Crippen LogP contribution < -0.4 is 15.5 Å². The van der Waals surface area contributed by atoms with E-state index in [2.05, 4.69) is 20.5 Å². The molecular formula is C20H22N6O3. The number of amides is 2. The molecular weight excluding hydrogens is 372 g/mol. The molecule has 1 saturated heterocycles. The van der Waals surface area contributed by atoms with Gasteiger partial charge in [-0.2, -0.15) is 0 Å². The molecule has 0 aliphatic carbocycles. The maximum absolute atomic E-state index is 12.9. The first-order valence-corrected chi connectivity index (χ1v) is 9.35. The molecule has 2 amide bonds. The van der Waals surface area contributed by atoms with Crippen LogP contribution in [0, 0.1) is 5.41 Å². The van der Waals surface area contributed by atoms with Gasteiger partial charge in [-0.05, 0) is 23.8 Å². The fraction of sp³-hybridized carbons (Fsp3) is 0.300. The lowest BCUT2D eigenvalue weighted by Gasteiger charge is -2.31. The van der Waals surface area contributed by atoms with Crippen molar-refractivity contribution in [2.45, 2.75) is 6.54 Å². The van der Waals surface area contributed by atoms with Gasteiger partial charge in [0.1, 0.15) is 5.82 Å². The number of allylic oxidation sites excluding steroid dienone is 1. The number of aliphatic imine (C=N–C) groups is 1. The van der Waals surface area contributed by atoms with Crippen molar-refractivity contribution in [3.05, 3.63) is 46.9 Å². The first-order valence-electron chi connectivity index (χ1n) is 9.35. The van der Waals surface area contributed by atoms with E-state index in [0.29, 0.717) is 49.9 Å². The number of hydrogen-bond acceptors (Lipinski definition) is 7. The van der Waals surface area contributed by atoms with Crippen molar-refractivity contribution < 1.29 is 14.3 Å². The molecule has 3 aliphatic rings. The summed E-state index contributed by atoms with van der Waals surface area (Å²) in [6.45, 7) is 3.00. The smallest absolute Gasteiger partial charge is 0.261 e. The molecule has 150 valence electrons. The second-order valence-corrected chi connectivity index (χ2v) is 6.93. The van der Waals surface area contributed by atoms with E-state index in [1.54, 1.807) is 30.4 Å². The number of nitrogens with zero attached hydrogens (tertiary/aromatic N) is 3. The van der Waals surface area contributed by atoms with Crippen LogP contribution in [-0.2, 0) is 16.1 Å². The van der Waals surface area contributed by atoms with Gasteiger partial charge in [-0.25, -0.2) is 4.99 Å². The predicted octanol–water partition coefficient (Wildman–Crippen LogP) is 1.10. The molecule has 0 aromatic heterocycles. The number of anilines is 2. The Morgan fingerprint density at radius 1 is 1.34 bits per heavy atom. The van der Waals surface area contributed by atoms with Crippen LogP contribution in [0.25, 0.3) is 0 Å². The Kier molecular flexibility index (Phi) is 5.13. The van der Waals surface area contributed by atoms with Gasteiger partial charge in [-0.15, -0.1) is 0 Å². The monoisotopic (exact) mass is 394 g/mol. The summed E-state index contributed by atoms with van der Waals surface area (Å²) in [6.07, 6.45) is 5.88. The fourth-order valence-corrected chi connectivity index (χ4v) is 3.57. The highest BCUT2D eigenvalue weighted by Gasteiger charge is 2.28. The second-order valence-electron chi connectivity index (χ2n) is 6.93. The highest BCUT2D eigenvalue weighted by atomic mass is 16.5. The van der Waals surface area contributed by atoms with E-state index in [1.807, 2.05) is 12.1 Å². The summed E-state index contributed by atoms with van der Waals surface area (Å²) in [5, 5.41) is 13.5. The summed E-state index contributed by atoms with van der Waals surface area (Å²) in [4.78, 5) is 33.3. The maximum atomic E-state index is 12.9. The van der Waals surface area contributed by atoms with Crippen molar-refractivity contribution >= 4 is 35.6 Å². The zero-order valence-corrected chi connectivity index (χ0v) is 16.1. The van der Waals surface area contributed by atoms with Gasteiger partial charge < -0.3 is 30.6 Å². The summed E-state index contributed by atoms with van der Waals surface area (Å²) in [7, 11) is 1.76. The molecule has 3 heterocycles. The number of fused-ring (bicyclic) bond motifs is 1. The van der Waals surface area contributed by atoms with Crippen molar-refractivity contribution in [1.82, 2.24) is 10.2 Å². The minimum absolute atomic E-state index is 0.0257. The van der Waals surface area contributed by atoms with Gasteiger partial charge in [0, 0.05) is 50.9 Å². The average molecular weight is 394 g/mol.